The topological polar surface area (TPSA) is 132 Å². The van der Waals surface area contributed by atoms with Crippen molar-refractivity contribution in [2.75, 3.05) is 21.3 Å². The summed E-state index contributed by atoms with van der Waals surface area (Å²) in [7, 11) is 4.19. The van der Waals surface area contributed by atoms with Gasteiger partial charge in [0.05, 0.1) is 72.7 Å². The van der Waals surface area contributed by atoms with Gasteiger partial charge < -0.3 is 14.2 Å². The third-order valence-electron chi connectivity index (χ3n) is 11.7. The molecule has 57 heavy (non-hydrogen) atoms. The second-order valence-electron chi connectivity index (χ2n) is 15.5. The maximum atomic E-state index is 11.6. The molecule has 6 aromatic rings. The molecule has 3 fully saturated rings. The molecule has 12 nitrogen and oxygen atoms in total. The highest BCUT2D eigenvalue weighted by atomic mass is 16.5. The van der Waals surface area contributed by atoms with Crippen molar-refractivity contribution < 1.29 is 28.6 Å². The summed E-state index contributed by atoms with van der Waals surface area (Å²) in [5, 5.41) is 17.1. The van der Waals surface area contributed by atoms with Crippen molar-refractivity contribution in [2.45, 2.75) is 114 Å². The van der Waals surface area contributed by atoms with Crippen molar-refractivity contribution in [3.63, 3.8) is 0 Å². The average molecular weight is 775 g/mol. The molecule has 0 atom stereocenters. The van der Waals surface area contributed by atoms with Crippen LogP contribution >= 0.6 is 0 Å². The Morgan fingerprint density at radius 2 is 0.719 bits per heavy atom. The number of fused-ring (bicyclic) bond motifs is 3. The van der Waals surface area contributed by atoms with Crippen LogP contribution in [0.5, 0.6) is 0 Å². The summed E-state index contributed by atoms with van der Waals surface area (Å²) in [6, 6.07) is 18.2. The van der Waals surface area contributed by atoms with Gasteiger partial charge in [-0.2, -0.15) is 15.3 Å². The summed E-state index contributed by atoms with van der Waals surface area (Å²) in [6.07, 6.45) is 25.3. The Kier molecular flexibility index (Phi) is 13.0. The minimum Gasteiger partial charge on any atom is -0.465 e. The molecule has 300 valence electrons. The third-order valence-corrected chi connectivity index (χ3v) is 11.7. The lowest BCUT2D eigenvalue weighted by atomic mass is 9.93. The van der Waals surface area contributed by atoms with Crippen LogP contribution in [0.15, 0.2) is 73.2 Å². The van der Waals surface area contributed by atoms with E-state index in [1.54, 1.807) is 24.3 Å². The number of rotatable bonds is 6. The van der Waals surface area contributed by atoms with Gasteiger partial charge in [-0.15, -0.1) is 0 Å². The van der Waals surface area contributed by atoms with Crippen LogP contribution in [0.3, 0.4) is 0 Å². The molecule has 0 amide bonds. The monoisotopic (exact) mass is 774 g/mol. The molecule has 3 aromatic heterocycles. The minimum absolute atomic E-state index is 0.309. The van der Waals surface area contributed by atoms with Gasteiger partial charge in [-0.3, -0.25) is 14.0 Å². The highest BCUT2D eigenvalue weighted by Crippen LogP contribution is 2.33. The lowest BCUT2D eigenvalue weighted by Crippen LogP contribution is -2.17. The van der Waals surface area contributed by atoms with E-state index >= 15 is 0 Å². The Bertz CT molecular complexity index is 2190. The second kappa shape index (κ2) is 18.6. The van der Waals surface area contributed by atoms with E-state index in [1.165, 1.54) is 118 Å². The van der Waals surface area contributed by atoms with Gasteiger partial charge in [0.15, 0.2) is 0 Å². The number of carbonyl (C=O) groups is 3. The van der Waals surface area contributed by atoms with Crippen molar-refractivity contribution in [3.05, 3.63) is 89.9 Å². The van der Waals surface area contributed by atoms with Crippen molar-refractivity contribution in [1.29, 1.82) is 0 Å². The van der Waals surface area contributed by atoms with Crippen LogP contribution in [0.4, 0.5) is 0 Å². The van der Waals surface area contributed by atoms with Crippen LogP contribution in [-0.4, -0.2) is 68.6 Å². The Hall–Kier alpha value is -5.52. The van der Waals surface area contributed by atoms with E-state index in [0.717, 1.165) is 32.7 Å². The average Bonchev–Trinajstić information content (AvgIpc) is 3.81. The number of hydrogen-bond donors (Lipinski definition) is 0. The molecular formula is C45H54N6O6. The van der Waals surface area contributed by atoms with E-state index in [2.05, 4.69) is 43.3 Å². The number of aromatic nitrogens is 6. The summed E-state index contributed by atoms with van der Waals surface area (Å²) in [4.78, 5) is 34.5. The van der Waals surface area contributed by atoms with Crippen LogP contribution in [-0.2, 0) is 14.2 Å². The maximum absolute atomic E-state index is 11.6. The number of hydrogen-bond acceptors (Lipinski definition) is 9. The van der Waals surface area contributed by atoms with Gasteiger partial charge in [0, 0.05) is 34.7 Å². The standard InChI is InChI=1S/2C16H20N2O2.C13H14N2O2/c2*1-20-16(19)12-8-9-13-11-18(17-15(13)10-12)14-6-4-2-3-5-7-14;1-17-13(16)9-5-6-10-8-15(11-3-2-4-11)14-12(10)7-9/h2*8-11,14H,2-7H2,1H3;5-8,11H,2-4H2,1H3. The first-order chi connectivity index (χ1) is 27.8. The van der Waals surface area contributed by atoms with Gasteiger partial charge in [-0.05, 0) is 81.3 Å². The second-order valence-corrected chi connectivity index (χ2v) is 15.5. The molecule has 0 bridgehead atoms. The first-order valence-electron chi connectivity index (χ1n) is 20.5. The number of ether oxygens (including phenoxy) is 3. The molecule has 9 rings (SSSR count). The first-order valence-corrected chi connectivity index (χ1v) is 20.5. The van der Waals surface area contributed by atoms with Gasteiger partial charge in [-0.25, -0.2) is 14.4 Å². The summed E-state index contributed by atoms with van der Waals surface area (Å²) in [5.74, 6) is -0.933. The van der Waals surface area contributed by atoms with E-state index in [4.69, 9.17) is 14.2 Å². The zero-order valence-electron chi connectivity index (χ0n) is 33.4. The molecular weight excluding hydrogens is 721 g/mol. The summed E-state index contributed by atoms with van der Waals surface area (Å²) < 4.78 is 20.4. The molecule has 0 saturated heterocycles. The van der Waals surface area contributed by atoms with E-state index < -0.39 is 0 Å². The van der Waals surface area contributed by atoms with Gasteiger partial charge in [0.2, 0.25) is 0 Å². The van der Waals surface area contributed by atoms with E-state index in [0.29, 0.717) is 34.8 Å². The molecule has 0 unspecified atom stereocenters. The fourth-order valence-electron chi connectivity index (χ4n) is 8.10. The zero-order chi connectivity index (χ0) is 39.7. The molecule has 12 heteroatoms. The van der Waals surface area contributed by atoms with Crippen molar-refractivity contribution in [2.24, 2.45) is 0 Å². The SMILES string of the molecule is COC(=O)c1ccc2cn(C3CCC3)nc2c1.COC(=O)c1ccc2cn(C3CCCCCC3)nc2c1.COC(=O)c1ccc2cn(C3CCCCCC3)nc2c1. The largest absolute Gasteiger partial charge is 0.465 e. The van der Waals surface area contributed by atoms with Gasteiger partial charge in [-0.1, -0.05) is 69.6 Å². The van der Waals surface area contributed by atoms with Gasteiger partial charge >= 0.3 is 17.9 Å². The Morgan fingerprint density at radius 3 is 0.965 bits per heavy atom. The fraction of sp³-hybridized carbons (Fsp3) is 0.467. The summed E-state index contributed by atoms with van der Waals surface area (Å²) in [6.45, 7) is 0. The van der Waals surface area contributed by atoms with Crippen molar-refractivity contribution >= 4 is 50.6 Å². The summed E-state index contributed by atoms with van der Waals surface area (Å²) >= 11 is 0. The predicted octanol–water partition coefficient (Wildman–Crippen LogP) is 9.98. The van der Waals surface area contributed by atoms with Crippen LogP contribution < -0.4 is 0 Å². The third kappa shape index (κ3) is 9.55. The Balaban J connectivity index is 0.000000131. The lowest BCUT2D eigenvalue weighted by molar-refractivity contribution is 0.0592. The lowest BCUT2D eigenvalue weighted by Gasteiger charge is -2.25. The van der Waals surface area contributed by atoms with E-state index in [-0.39, 0.29) is 17.9 Å². The summed E-state index contributed by atoms with van der Waals surface area (Å²) in [5.41, 5.74) is 4.28. The smallest absolute Gasteiger partial charge is 0.337 e. The quantitative estimate of drug-likeness (QED) is 0.0921. The molecule has 0 radical (unpaired) electrons. The van der Waals surface area contributed by atoms with Crippen LogP contribution in [0, 0.1) is 0 Å². The van der Waals surface area contributed by atoms with Crippen LogP contribution in [0.1, 0.15) is 146 Å². The number of carbonyl (C=O) groups excluding carboxylic acids is 3. The highest BCUT2D eigenvalue weighted by Gasteiger charge is 2.21. The first kappa shape index (κ1) is 39.7. The molecule has 3 aliphatic rings. The van der Waals surface area contributed by atoms with Crippen molar-refractivity contribution in [3.8, 4) is 0 Å². The minimum atomic E-state index is -0.315. The van der Waals surface area contributed by atoms with E-state index in [9.17, 15) is 14.4 Å². The molecule has 0 spiro atoms. The van der Waals surface area contributed by atoms with Crippen molar-refractivity contribution in [1.82, 2.24) is 29.3 Å². The normalized spacial score (nSPS) is 16.7. The maximum Gasteiger partial charge on any atom is 0.337 e. The molecule has 3 aromatic carbocycles. The number of benzene rings is 3. The number of methoxy groups -OCH3 is 3. The molecule has 3 saturated carbocycles. The molecule has 3 aliphatic carbocycles. The van der Waals surface area contributed by atoms with E-state index in [1.807, 2.05) is 35.0 Å². The van der Waals surface area contributed by atoms with Crippen LogP contribution in [0.2, 0.25) is 0 Å². The van der Waals surface area contributed by atoms with Crippen LogP contribution in [0.25, 0.3) is 32.7 Å². The Labute approximate surface area is 333 Å². The molecule has 0 aliphatic heterocycles. The molecule has 0 N–H and O–H groups in total. The predicted molar refractivity (Wildman–Crippen MR) is 220 cm³/mol. The zero-order valence-corrected chi connectivity index (χ0v) is 33.4. The van der Waals surface area contributed by atoms with Gasteiger partial charge in [0.25, 0.3) is 0 Å². The Morgan fingerprint density at radius 1 is 0.439 bits per heavy atom. The van der Waals surface area contributed by atoms with Gasteiger partial charge in [0.1, 0.15) is 0 Å². The fourth-order valence-corrected chi connectivity index (χ4v) is 8.10. The highest BCUT2D eigenvalue weighted by molar-refractivity contribution is 5.95. The number of nitrogens with zero attached hydrogens (tertiary/aromatic N) is 6. The number of esters is 3. The molecule has 3 heterocycles.